The monoisotopic (exact) mass is 670 g/mol. The van der Waals surface area contributed by atoms with Gasteiger partial charge < -0.3 is 27.0 Å². The summed E-state index contributed by atoms with van der Waals surface area (Å²) in [7, 11) is 0. The molecule has 0 spiro atoms. The van der Waals surface area contributed by atoms with Crippen molar-refractivity contribution < 1.29 is 31.1 Å². The number of amides is 1. The number of aryl methyl sites for hydroxylation is 1. The number of carbonyl (C=O) groups is 1. The van der Waals surface area contributed by atoms with Crippen molar-refractivity contribution in [3.05, 3.63) is 81.3 Å². The second-order valence-electron chi connectivity index (χ2n) is 12.8. The Hall–Kier alpha value is -2.18. The van der Waals surface area contributed by atoms with Gasteiger partial charge in [0.15, 0.2) is 12.7 Å². The fourth-order valence-electron chi connectivity index (χ4n) is 5.36. The molecule has 0 atom stereocenters. The Morgan fingerprint density at radius 1 is 0.860 bits per heavy atom. The molecule has 238 valence electrons. The molecule has 0 saturated carbocycles. The maximum atomic E-state index is 13.0. The van der Waals surface area contributed by atoms with E-state index >= 15 is 0 Å². The van der Waals surface area contributed by atoms with Gasteiger partial charge in [-0.25, -0.2) is 0 Å². The SMILES string of the molecule is CCCCCCCCCCCCCCOc1ccc(CNC(=O)c2cccc(C[n+]3csc(C)c3)c2)cc1C(C)(C)C.[Br-]. The minimum Gasteiger partial charge on any atom is -1.00 e. The van der Waals surface area contributed by atoms with Gasteiger partial charge in [-0.3, -0.25) is 4.79 Å². The lowest BCUT2D eigenvalue weighted by Gasteiger charge is -2.24. The highest BCUT2D eigenvalue weighted by Gasteiger charge is 2.20. The molecule has 43 heavy (non-hydrogen) atoms. The Kier molecular flexibility index (Phi) is 17.2. The topological polar surface area (TPSA) is 42.2 Å². The molecule has 0 radical (unpaired) electrons. The van der Waals surface area contributed by atoms with Crippen molar-refractivity contribution in [3.8, 4) is 5.75 Å². The Morgan fingerprint density at radius 3 is 2.12 bits per heavy atom. The van der Waals surface area contributed by atoms with E-state index in [9.17, 15) is 4.79 Å². The summed E-state index contributed by atoms with van der Waals surface area (Å²) in [6.07, 6.45) is 18.3. The van der Waals surface area contributed by atoms with Gasteiger partial charge in [-0.1, -0.05) is 128 Å². The van der Waals surface area contributed by atoms with Crippen LogP contribution in [0.15, 0.2) is 54.2 Å². The number of thiazole rings is 1. The molecule has 6 heteroatoms. The first-order chi connectivity index (χ1) is 20.3. The van der Waals surface area contributed by atoms with Gasteiger partial charge >= 0.3 is 0 Å². The van der Waals surface area contributed by atoms with E-state index in [1.54, 1.807) is 11.3 Å². The molecule has 0 fully saturated rings. The number of nitrogens with zero attached hydrogens (tertiary/aromatic N) is 1. The van der Waals surface area contributed by atoms with Gasteiger partial charge in [0.25, 0.3) is 5.91 Å². The summed E-state index contributed by atoms with van der Waals surface area (Å²) in [5.41, 5.74) is 6.16. The van der Waals surface area contributed by atoms with Gasteiger partial charge in [0, 0.05) is 17.7 Å². The van der Waals surface area contributed by atoms with Crippen LogP contribution < -0.4 is 31.6 Å². The third-order valence-electron chi connectivity index (χ3n) is 7.84. The van der Waals surface area contributed by atoms with Crippen LogP contribution in [0.1, 0.15) is 137 Å². The molecule has 2 aromatic carbocycles. The highest BCUT2D eigenvalue weighted by Crippen LogP contribution is 2.32. The van der Waals surface area contributed by atoms with Crippen LogP contribution in [0.5, 0.6) is 5.75 Å². The Bertz CT molecular complexity index is 1220. The van der Waals surface area contributed by atoms with Crippen LogP contribution >= 0.6 is 11.3 Å². The van der Waals surface area contributed by atoms with Gasteiger partial charge in [0.05, 0.1) is 11.5 Å². The number of halogens is 1. The average molecular weight is 672 g/mol. The Morgan fingerprint density at radius 2 is 1.51 bits per heavy atom. The number of hydrogen-bond acceptors (Lipinski definition) is 3. The fraction of sp³-hybridized carbons (Fsp3) is 0.568. The zero-order valence-electron chi connectivity index (χ0n) is 27.4. The van der Waals surface area contributed by atoms with Crippen molar-refractivity contribution >= 4 is 17.2 Å². The Labute approximate surface area is 276 Å². The number of carbonyl (C=O) groups excluding carboxylic acids is 1. The fourth-order valence-corrected chi connectivity index (χ4v) is 5.99. The van der Waals surface area contributed by atoms with E-state index in [-0.39, 0.29) is 28.3 Å². The van der Waals surface area contributed by atoms with Gasteiger partial charge in [-0.15, -0.1) is 0 Å². The van der Waals surface area contributed by atoms with E-state index in [0.717, 1.165) is 36.4 Å². The van der Waals surface area contributed by atoms with Crippen molar-refractivity contribution in [2.45, 2.75) is 130 Å². The van der Waals surface area contributed by atoms with Gasteiger partial charge in [-0.2, -0.15) is 4.57 Å². The molecule has 0 bridgehead atoms. The Balaban J connectivity index is 0.00000645. The lowest BCUT2D eigenvalue weighted by molar-refractivity contribution is -0.683. The van der Waals surface area contributed by atoms with E-state index in [2.05, 4.69) is 80.5 Å². The third kappa shape index (κ3) is 14.0. The number of benzene rings is 2. The smallest absolute Gasteiger partial charge is 0.251 e. The van der Waals surface area contributed by atoms with Gasteiger partial charge in [0.1, 0.15) is 5.75 Å². The highest BCUT2D eigenvalue weighted by atomic mass is 79.9. The summed E-state index contributed by atoms with van der Waals surface area (Å²) >= 11 is 1.73. The summed E-state index contributed by atoms with van der Waals surface area (Å²) in [5.74, 6) is 0.919. The third-order valence-corrected chi connectivity index (χ3v) is 8.69. The molecular weight excluding hydrogens is 616 g/mol. The van der Waals surface area contributed by atoms with Gasteiger partial charge in [0.2, 0.25) is 5.51 Å². The minimum atomic E-state index is -0.0482. The van der Waals surface area contributed by atoms with Crippen molar-refractivity contribution in [1.82, 2.24) is 5.32 Å². The van der Waals surface area contributed by atoms with Crippen molar-refractivity contribution in [3.63, 3.8) is 0 Å². The van der Waals surface area contributed by atoms with E-state index < -0.39 is 0 Å². The lowest BCUT2D eigenvalue weighted by atomic mass is 9.85. The van der Waals surface area contributed by atoms with E-state index in [1.807, 2.05) is 18.2 Å². The van der Waals surface area contributed by atoms with Gasteiger partial charge in [-0.05, 0) is 54.2 Å². The molecule has 0 saturated heterocycles. The number of rotatable bonds is 19. The summed E-state index contributed by atoms with van der Waals surface area (Å²) < 4.78 is 8.44. The van der Waals surface area contributed by atoms with E-state index in [1.165, 1.54) is 81.1 Å². The summed E-state index contributed by atoms with van der Waals surface area (Å²) in [4.78, 5) is 14.3. The molecule has 4 nitrogen and oxygen atoms in total. The van der Waals surface area contributed by atoms with Crippen LogP contribution in [0.25, 0.3) is 0 Å². The molecule has 1 aromatic heterocycles. The molecule has 0 aliphatic rings. The molecule has 1 N–H and O–H groups in total. The largest absolute Gasteiger partial charge is 1.00 e. The second kappa shape index (κ2) is 20.0. The molecule has 1 heterocycles. The zero-order chi connectivity index (χ0) is 30.2. The first-order valence-corrected chi connectivity index (χ1v) is 17.2. The number of nitrogens with one attached hydrogen (secondary N) is 1. The van der Waals surface area contributed by atoms with Crippen molar-refractivity contribution in [2.24, 2.45) is 0 Å². The molecular formula is C37H55BrN2O2S. The van der Waals surface area contributed by atoms with Crippen LogP contribution in [0.2, 0.25) is 0 Å². The second-order valence-corrected chi connectivity index (χ2v) is 13.9. The zero-order valence-corrected chi connectivity index (χ0v) is 29.8. The number of hydrogen-bond donors (Lipinski definition) is 1. The van der Waals surface area contributed by atoms with Crippen LogP contribution in [0.4, 0.5) is 0 Å². The number of ether oxygens (including phenoxy) is 1. The number of aromatic nitrogens is 1. The molecule has 0 unspecified atom stereocenters. The van der Waals surface area contributed by atoms with E-state index in [0.29, 0.717) is 12.1 Å². The standard InChI is InChI=1S/C37H54N2O2S.BrH/c1-6-7-8-9-10-11-12-13-14-15-16-17-23-41-35-22-21-31(25-34(35)37(3,4)5)26-38-36(40)33-20-18-19-32(24-33)28-39-27-30(2)42-29-39;/h18-22,24-25,27,29H,6-17,23,26,28H2,1-5H3;1H. The van der Waals surface area contributed by atoms with Crippen LogP contribution in [-0.4, -0.2) is 12.5 Å². The predicted molar refractivity (Wildman–Crippen MR) is 178 cm³/mol. The molecule has 1 amide bonds. The average Bonchev–Trinajstić information content (AvgIpc) is 3.38. The number of unbranched alkanes of at least 4 members (excludes halogenated alkanes) is 11. The summed E-state index contributed by atoms with van der Waals surface area (Å²) in [5, 5.41) is 3.12. The summed E-state index contributed by atoms with van der Waals surface area (Å²) in [6.45, 7) is 13.1. The lowest BCUT2D eigenvalue weighted by Crippen LogP contribution is -3.00. The van der Waals surface area contributed by atoms with Crippen LogP contribution in [-0.2, 0) is 18.5 Å². The molecule has 3 rings (SSSR count). The normalized spacial score (nSPS) is 11.3. The highest BCUT2D eigenvalue weighted by molar-refractivity contribution is 7.09. The maximum Gasteiger partial charge on any atom is 0.251 e. The van der Waals surface area contributed by atoms with Crippen LogP contribution in [0.3, 0.4) is 0 Å². The maximum absolute atomic E-state index is 13.0. The quantitative estimate of drug-likeness (QED) is 0.114. The minimum absolute atomic E-state index is 0. The summed E-state index contributed by atoms with van der Waals surface area (Å²) in [6, 6.07) is 14.3. The van der Waals surface area contributed by atoms with Crippen molar-refractivity contribution in [1.29, 1.82) is 0 Å². The predicted octanol–water partition coefficient (Wildman–Crippen LogP) is 6.70. The van der Waals surface area contributed by atoms with Crippen molar-refractivity contribution in [2.75, 3.05) is 6.61 Å². The first-order valence-electron chi connectivity index (χ1n) is 16.3. The molecule has 3 aromatic rings. The first kappa shape index (κ1) is 37.0. The molecule has 0 aliphatic carbocycles. The molecule has 0 aliphatic heterocycles. The van der Waals surface area contributed by atoms with E-state index in [4.69, 9.17) is 4.74 Å². The van der Waals surface area contributed by atoms with Crippen LogP contribution in [0, 0.1) is 6.92 Å².